The van der Waals surface area contributed by atoms with Crippen LogP contribution in [-0.4, -0.2) is 29.9 Å². The fourth-order valence-corrected chi connectivity index (χ4v) is 2.56. The van der Waals surface area contributed by atoms with Gasteiger partial charge in [-0.05, 0) is 18.3 Å². The number of carbonyl (C=O) groups is 1. The Morgan fingerprint density at radius 2 is 1.71 bits per heavy atom. The van der Waals surface area contributed by atoms with Gasteiger partial charge in [-0.25, -0.2) is 0 Å². The number of carbonyl (C=O) groups excluding carboxylic acids is 1. The monoisotopic (exact) mass is 262 g/mol. The maximum atomic E-state index is 12.3. The Morgan fingerprint density at radius 1 is 1.24 bits per heavy atom. The molecule has 1 aliphatic rings. The third-order valence-electron chi connectivity index (χ3n) is 3.23. The van der Waals surface area contributed by atoms with Gasteiger partial charge < -0.3 is 10.6 Å². The Kier molecular flexibility index (Phi) is 5.95. The lowest BCUT2D eigenvalue weighted by atomic mass is 9.81. The molecule has 0 atom stereocenters. The minimum absolute atomic E-state index is 0. The first-order chi connectivity index (χ1) is 7.25. The first kappa shape index (κ1) is 16.7. The van der Waals surface area contributed by atoms with E-state index in [9.17, 15) is 4.79 Å². The Morgan fingerprint density at radius 3 is 2.12 bits per heavy atom. The number of hydrogen-bond acceptors (Lipinski definition) is 2. The molecule has 17 heavy (non-hydrogen) atoms. The van der Waals surface area contributed by atoms with Crippen molar-refractivity contribution in [3.8, 4) is 0 Å². The fourth-order valence-electron chi connectivity index (χ4n) is 2.56. The van der Waals surface area contributed by atoms with Crippen LogP contribution in [0.25, 0.3) is 0 Å². The molecule has 2 N–H and O–H groups in total. The molecule has 1 fully saturated rings. The number of likely N-dealkylation sites (N-methyl/N-ethyl adjacent to an activating group) is 1. The SMILES string of the molecule is CN(CC(C)(C)C)C(=O)C1(N)CCCCC1.Cl. The molecule has 0 heterocycles. The van der Waals surface area contributed by atoms with E-state index in [0.717, 1.165) is 32.2 Å². The van der Waals surface area contributed by atoms with Gasteiger partial charge in [-0.2, -0.15) is 0 Å². The molecule has 0 aromatic heterocycles. The highest BCUT2D eigenvalue weighted by molar-refractivity contribution is 5.86. The molecule has 0 aromatic carbocycles. The van der Waals surface area contributed by atoms with Gasteiger partial charge in [0, 0.05) is 13.6 Å². The molecule has 0 bridgehead atoms. The van der Waals surface area contributed by atoms with E-state index in [1.54, 1.807) is 0 Å². The predicted molar refractivity (Wildman–Crippen MR) is 74.3 cm³/mol. The first-order valence-corrected chi connectivity index (χ1v) is 6.29. The van der Waals surface area contributed by atoms with E-state index in [4.69, 9.17) is 5.73 Å². The molecule has 1 aliphatic carbocycles. The fraction of sp³-hybridized carbons (Fsp3) is 0.923. The molecule has 1 rings (SSSR count). The number of nitrogens with zero attached hydrogens (tertiary/aromatic N) is 1. The molecule has 4 heteroatoms. The molecule has 0 aliphatic heterocycles. The van der Waals surface area contributed by atoms with E-state index in [-0.39, 0.29) is 23.7 Å². The maximum absolute atomic E-state index is 12.3. The quantitative estimate of drug-likeness (QED) is 0.832. The lowest BCUT2D eigenvalue weighted by Gasteiger charge is -2.37. The van der Waals surface area contributed by atoms with Crippen LogP contribution < -0.4 is 5.73 Å². The van der Waals surface area contributed by atoms with Crippen molar-refractivity contribution in [3.63, 3.8) is 0 Å². The Labute approximate surface area is 112 Å². The molecular weight excluding hydrogens is 236 g/mol. The molecule has 1 amide bonds. The number of halogens is 1. The second kappa shape index (κ2) is 6.05. The zero-order valence-corrected chi connectivity index (χ0v) is 12.4. The van der Waals surface area contributed by atoms with E-state index in [0.29, 0.717) is 0 Å². The molecule has 0 spiro atoms. The molecular formula is C13H27ClN2O. The summed E-state index contributed by atoms with van der Waals surface area (Å²) in [5, 5.41) is 0. The third-order valence-corrected chi connectivity index (χ3v) is 3.23. The van der Waals surface area contributed by atoms with E-state index in [2.05, 4.69) is 20.8 Å². The smallest absolute Gasteiger partial charge is 0.242 e. The number of rotatable bonds is 2. The van der Waals surface area contributed by atoms with Gasteiger partial charge >= 0.3 is 0 Å². The largest absolute Gasteiger partial charge is 0.344 e. The van der Waals surface area contributed by atoms with Crippen molar-refractivity contribution in [2.24, 2.45) is 11.1 Å². The van der Waals surface area contributed by atoms with Crippen molar-refractivity contribution >= 4 is 18.3 Å². The second-order valence-electron chi connectivity index (χ2n) is 6.44. The molecule has 0 saturated heterocycles. The van der Waals surface area contributed by atoms with Crippen LogP contribution in [0.2, 0.25) is 0 Å². The Hall–Kier alpha value is -0.280. The van der Waals surface area contributed by atoms with Crippen LogP contribution in [0.1, 0.15) is 52.9 Å². The highest BCUT2D eigenvalue weighted by atomic mass is 35.5. The second-order valence-corrected chi connectivity index (χ2v) is 6.44. The zero-order valence-electron chi connectivity index (χ0n) is 11.6. The summed E-state index contributed by atoms with van der Waals surface area (Å²) in [5.41, 5.74) is 5.78. The minimum Gasteiger partial charge on any atom is -0.344 e. The van der Waals surface area contributed by atoms with Gasteiger partial charge in [-0.15, -0.1) is 12.4 Å². The van der Waals surface area contributed by atoms with E-state index in [1.165, 1.54) is 6.42 Å². The standard InChI is InChI=1S/C13H26N2O.ClH/c1-12(2,3)10-15(4)11(16)13(14)8-6-5-7-9-13;/h5-10,14H2,1-4H3;1H. The summed E-state index contributed by atoms with van der Waals surface area (Å²) in [6.07, 6.45) is 5.09. The van der Waals surface area contributed by atoms with Gasteiger partial charge in [-0.3, -0.25) is 4.79 Å². The molecule has 3 nitrogen and oxygen atoms in total. The average molecular weight is 263 g/mol. The van der Waals surface area contributed by atoms with Crippen LogP contribution in [0.3, 0.4) is 0 Å². The maximum Gasteiger partial charge on any atom is 0.242 e. The summed E-state index contributed by atoms with van der Waals surface area (Å²) in [6, 6.07) is 0. The summed E-state index contributed by atoms with van der Waals surface area (Å²) in [5.74, 6) is 0.127. The van der Waals surface area contributed by atoms with Gasteiger partial charge in [0.05, 0.1) is 5.54 Å². The predicted octanol–water partition coefficient (Wildman–Crippen LogP) is 2.57. The lowest BCUT2D eigenvalue weighted by molar-refractivity contribution is -0.138. The molecule has 0 aromatic rings. The average Bonchev–Trinajstić information content (AvgIpc) is 2.15. The van der Waals surface area contributed by atoms with Gasteiger partial charge in [0.25, 0.3) is 0 Å². The minimum atomic E-state index is -0.585. The number of hydrogen-bond donors (Lipinski definition) is 1. The van der Waals surface area contributed by atoms with Crippen molar-refractivity contribution in [1.29, 1.82) is 0 Å². The zero-order chi connectivity index (χ0) is 12.4. The molecule has 0 unspecified atom stereocenters. The van der Waals surface area contributed by atoms with Crippen molar-refractivity contribution in [2.45, 2.75) is 58.4 Å². The van der Waals surface area contributed by atoms with Crippen LogP contribution >= 0.6 is 12.4 Å². The van der Waals surface area contributed by atoms with E-state index < -0.39 is 5.54 Å². The van der Waals surface area contributed by atoms with Crippen LogP contribution in [0.15, 0.2) is 0 Å². The van der Waals surface area contributed by atoms with Crippen LogP contribution in [-0.2, 0) is 4.79 Å². The van der Waals surface area contributed by atoms with Gasteiger partial charge in [-0.1, -0.05) is 40.0 Å². The van der Waals surface area contributed by atoms with Crippen LogP contribution in [0.4, 0.5) is 0 Å². The van der Waals surface area contributed by atoms with Crippen LogP contribution in [0, 0.1) is 5.41 Å². The lowest BCUT2D eigenvalue weighted by Crippen LogP contribution is -2.56. The van der Waals surface area contributed by atoms with E-state index >= 15 is 0 Å². The van der Waals surface area contributed by atoms with Gasteiger partial charge in [0.1, 0.15) is 0 Å². The molecule has 102 valence electrons. The van der Waals surface area contributed by atoms with Crippen molar-refractivity contribution in [2.75, 3.05) is 13.6 Å². The van der Waals surface area contributed by atoms with Gasteiger partial charge in [0.15, 0.2) is 0 Å². The topological polar surface area (TPSA) is 46.3 Å². The Balaban J connectivity index is 0.00000256. The normalized spacial score (nSPS) is 19.4. The van der Waals surface area contributed by atoms with E-state index in [1.807, 2.05) is 11.9 Å². The summed E-state index contributed by atoms with van der Waals surface area (Å²) in [4.78, 5) is 14.1. The summed E-state index contributed by atoms with van der Waals surface area (Å²) >= 11 is 0. The molecule has 0 radical (unpaired) electrons. The van der Waals surface area contributed by atoms with Crippen molar-refractivity contribution in [1.82, 2.24) is 4.90 Å². The summed E-state index contributed by atoms with van der Waals surface area (Å²) in [6.45, 7) is 7.19. The third kappa shape index (κ3) is 4.84. The number of amides is 1. The van der Waals surface area contributed by atoms with Crippen LogP contribution in [0.5, 0.6) is 0 Å². The number of nitrogens with two attached hydrogens (primary N) is 1. The Bertz CT molecular complexity index is 255. The highest BCUT2D eigenvalue weighted by Crippen LogP contribution is 2.28. The molecule has 1 saturated carbocycles. The van der Waals surface area contributed by atoms with Crippen molar-refractivity contribution < 1.29 is 4.79 Å². The van der Waals surface area contributed by atoms with Crippen molar-refractivity contribution in [3.05, 3.63) is 0 Å². The van der Waals surface area contributed by atoms with Gasteiger partial charge in [0.2, 0.25) is 5.91 Å². The summed E-state index contributed by atoms with van der Waals surface area (Å²) in [7, 11) is 1.87. The first-order valence-electron chi connectivity index (χ1n) is 6.29. The highest BCUT2D eigenvalue weighted by Gasteiger charge is 2.37. The summed E-state index contributed by atoms with van der Waals surface area (Å²) < 4.78 is 0.